The van der Waals surface area contributed by atoms with Crippen molar-refractivity contribution in [1.29, 1.82) is 0 Å². The van der Waals surface area contributed by atoms with Crippen molar-refractivity contribution >= 4 is 33.2 Å². The van der Waals surface area contributed by atoms with Crippen LogP contribution < -0.4 is 21.3 Å². The zero-order valence-corrected chi connectivity index (χ0v) is 23.9. The van der Waals surface area contributed by atoms with Crippen LogP contribution in [0.4, 0.5) is 4.39 Å². The third kappa shape index (κ3) is 4.96. The predicted octanol–water partition coefficient (Wildman–Crippen LogP) is 3.67. The molecule has 0 radical (unpaired) electrons. The van der Waals surface area contributed by atoms with E-state index in [0.717, 1.165) is 4.57 Å². The minimum Gasteiger partial charge on any atom is -0.496 e. The molecule has 1 amide bonds. The van der Waals surface area contributed by atoms with E-state index in [1.54, 1.807) is 6.92 Å². The molecule has 6 rings (SSSR count). The Morgan fingerprint density at radius 3 is 2.64 bits per heavy atom. The van der Waals surface area contributed by atoms with Crippen LogP contribution in [0, 0.1) is 12.7 Å². The van der Waals surface area contributed by atoms with Gasteiger partial charge in [-0.2, -0.15) is 0 Å². The third-order valence-electron chi connectivity index (χ3n) is 7.93. The van der Waals surface area contributed by atoms with E-state index in [2.05, 4.69) is 10.3 Å². The van der Waals surface area contributed by atoms with Crippen LogP contribution in [-0.4, -0.2) is 45.6 Å². The van der Waals surface area contributed by atoms with Gasteiger partial charge >= 0.3 is 5.69 Å². The van der Waals surface area contributed by atoms with Crippen LogP contribution in [0.2, 0.25) is 0 Å². The van der Waals surface area contributed by atoms with Gasteiger partial charge in [-0.15, -0.1) is 11.3 Å². The molecule has 0 bridgehead atoms. The highest BCUT2D eigenvalue weighted by atomic mass is 32.1. The summed E-state index contributed by atoms with van der Waals surface area (Å²) in [4.78, 5) is 57.8. The first-order valence-electron chi connectivity index (χ1n) is 13.7. The fourth-order valence-electron chi connectivity index (χ4n) is 5.79. The molecule has 42 heavy (non-hydrogen) atoms. The standard InChI is InChI=1S/C29H29FN4O7S/c1-15-23-27(37)34(20-9-10-31-25(20)36)29(38)33(28(23)42-24(15)26-32-11-12-40-26)14-22(41-18-6-4-17(35)5-7-18)19-13-16(30)3-8-21(19)39-2/h3,8,11-13,18,20,22H,4-7,9-10,14H2,1-2H3,(H,31,36)/t20-,22-/m0/s1. The molecule has 2 aliphatic rings. The second kappa shape index (κ2) is 11.3. The molecule has 2 fully saturated rings. The highest BCUT2D eigenvalue weighted by Crippen LogP contribution is 2.38. The van der Waals surface area contributed by atoms with Crippen LogP contribution in [0.1, 0.15) is 55.4 Å². The van der Waals surface area contributed by atoms with E-state index >= 15 is 0 Å². The largest absolute Gasteiger partial charge is 0.496 e. The molecule has 0 spiro atoms. The first kappa shape index (κ1) is 28.0. The van der Waals surface area contributed by atoms with Crippen molar-refractivity contribution in [1.82, 2.24) is 19.4 Å². The summed E-state index contributed by atoms with van der Waals surface area (Å²) in [7, 11) is 1.46. The van der Waals surface area contributed by atoms with E-state index in [9.17, 15) is 23.6 Å². The summed E-state index contributed by atoms with van der Waals surface area (Å²) in [5.41, 5.74) is -0.314. The Bertz CT molecular complexity index is 1780. The summed E-state index contributed by atoms with van der Waals surface area (Å²) >= 11 is 1.17. The zero-order chi connectivity index (χ0) is 29.5. The molecule has 220 valence electrons. The van der Waals surface area contributed by atoms with Crippen molar-refractivity contribution in [3.05, 3.63) is 68.4 Å². The van der Waals surface area contributed by atoms with Gasteiger partial charge in [-0.3, -0.25) is 19.0 Å². The average Bonchev–Trinajstić information content (AvgIpc) is 3.73. The molecule has 1 aliphatic carbocycles. The summed E-state index contributed by atoms with van der Waals surface area (Å²) in [5.74, 6) is -0.107. The third-order valence-corrected chi connectivity index (χ3v) is 9.24. The number of rotatable bonds is 8. The van der Waals surface area contributed by atoms with E-state index in [-0.39, 0.29) is 30.2 Å². The van der Waals surface area contributed by atoms with Crippen LogP contribution in [0.25, 0.3) is 21.0 Å². The number of ketones is 1. The minimum atomic E-state index is -0.974. The number of aryl methyl sites for hydroxylation is 1. The number of halogens is 1. The normalized spacial score (nSPS) is 18.5. The van der Waals surface area contributed by atoms with Crippen LogP contribution in [-0.2, 0) is 20.9 Å². The number of benzene rings is 1. The zero-order valence-electron chi connectivity index (χ0n) is 23.1. The van der Waals surface area contributed by atoms with Gasteiger partial charge in [0.2, 0.25) is 11.8 Å². The van der Waals surface area contributed by atoms with Gasteiger partial charge in [0.15, 0.2) is 0 Å². The molecule has 2 atom stereocenters. The SMILES string of the molecule is COc1ccc(F)cc1[C@H](Cn1c(=O)n([C@H]2CCNC2=O)c(=O)c2c(C)c(-c3ncco3)sc21)OC1CCC(=O)CC1. The maximum absolute atomic E-state index is 14.6. The van der Waals surface area contributed by atoms with Crippen LogP contribution in [0.3, 0.4) is 0 Å². The van der Waals surface area contributed by atoms with Gasteiger partial charge in [0, 0.05) is 24.9 Å². The smallest absolute Gasteiger partial charge is 0.332 e. The number of hydrogen-bond donors (Lipinski definition) is 1. The Balaban J connectivity index is 1.55. The Hall–Kier alpha value is -4.10. The number of amides is 1. The molecule has 4 heterocycles. The van der Waals surface area contributed by atoms with Crippen molar-refractivity contribution in [3.8, 4) is 16.5 Å². The van der Waals surface area contributed by atoms with Gasteiger partial charge in [-0.1, -0.05) is 0 Å². The van der Waals surface area contributed by atoms with E-state index in [1.165, 1.54) is 53.7 Å². The average molecular weight is 597 g/mol. The number of ether oxygens (including phenoxy) is 2. The first-order valence-corrected chi connectivity index (χ1v) is 14.5. The van der Waals surface area contributed by atoms with Gasteiger partial charge < -0.3 is 19.2 Å². The van der Waals surface area contributed by atoms with Crippen LogP contribution in [0.15, 0.2) is 44.7 Å². The fraction of sp³-hybridized carbons (Fsp3) is 0.414. The van der Waals surface area contributed by atoms with Crippen molar-refractivity contribution in [3.63, 3.8) is 0 Å². The second-order valence-electron chi connectivity index (χ2n) is 10.5. The molecule has 4 aromatic rings. The predicted molar refractivity (Wildman–Crippen MR) is 151 cm³/mol. The number of nitrogens with zero attached hydrogens (tertiary/aromatic N) is 3. The van der Waals surface area contributed by atoms with E-state index in [0.29, 0.717) is 64.7 Å². The van der Waals surface area contributed by atoms with Crippen molar-refractivity contribution in [2.45, 2.75) is 63.8 Å². The van der Waals surface area contributed by atoms with Gasteiger partial charge in [0.05, 0.1) is 36.2 Å². The lowest BCUT2D eigenvalue weighted by Crippen LogP contribution is -2.44. The Labute approximate surface area is 242 Å². The maximum atomic E-state index is 14.6. The lowest BCUT2D eigenvalue weighted by molar-refractivity contribution is -0.125. The number of oxazole rings is 1. The molecular weight excluding hydrogens is 567 g/mol. The number of carbonyl (C=O) groups excluding carboxylic acids is 2. The summed E-state index contributed by atoms with van der Waals surface area (Å²) < 4.78 is 34.6. The monoisotopic (exact) mass is 596 g/mol. The van der Waals surface area contributed by atoms with E-state index < -0.39 is 35.1 Å². The quantitative estimate of drug-likeness (QED) is 0.326. The molecule has 3 aromatic heterocycles. The summed E-state index contributed by atoms with van der Waals surface area (Å²) in [5, 5.41) is 2.96. The molecule has 13 heteroatoms. The number of hydrogen-bond acceptors (Lipinski definition) is 9. The highest BCUT2D eigenvalue weighted by molar-refractivity contribution is 7.22. The number of Topliss-reactive ketones (excluding diaryl/α,β-unsaturated/α-hetero) is 1. The lowest BCUT2D eigenvalue weighted by atomic mass is 9.96. The van der Waals surface area contributed by atoms with Crippen LogP contribution >= 0.6 is 11.3 Å². The van der Waals surface area contributed by atoms with Gasteiger partial charge in [-0.05, 0) is 49.9 Å². The van der Waals surface area contributed by atoms with Gasteiger partial charge in [0.25, 0.3) is 5.56 Å². The Kier molecular flexibility index (Phi) is 7.54. The number of nitrogens with one attached hydrogen (secondary N) is 1. The summed E-state index contributed by atoms with van der Waals surface area (Å²) in [6.45, 7) is 1.97. The number of methoxy groups -OCH3 is 1. The van der Waals surface area contributed by atoms with E-state index in [1.807, 2.05) is 0 Å². The molecule has 1 N–H and O–H groups in total. The Morgan fingerprint density at radius 1 is 1.19 bits per heavy atom. The summed E-state index contributed by atoms with van der Waals surface area (Å²) in [6, 6.07) is 3.09. The number of carbonyl (C=O) groups is 2. The molecule has 1 saturated carbocycles. The minimum absolute atomic E-state index is 0.112. The molecule has 1 saturated heterocycles. The number of fused-ring (bicyclic) bond motifs is 1. The first-order chi connectivity index (χ1) is 20.3. The molecule has 0 unspecified atom stereocenters. The second-order valence-corrected chi connectivity index (χ2v) is 11.5. The lowest BCUT2D eigenvalue weighted by Gasteiger charge is -2.29. The fourth-order valence-corrected chi connectivity index (χ4v) is 7.03. The maximum Gasteiger partial charge on any atom is 0.332 e. The van der Waals surface area contributed by atoms with Crippen LogP contribution in [0.5, 0.6) is 5.75 Å². The van der Waals surface area contributed by atoms with E-state index in [4.69, 9.17) is 13.9 Å². The molecule has 11 nitrogen and oxygen atoms in total. The Morgan fingerprint density at radius 2 is 1.98 bits per heavy atom. The molecular formula is C29H29FN4O7S. The number of aromatic nitrogens is 3. The van der Waals surface area contributed by atoms with Gasteiger partial charge in [-0.25, -0.2) is 18.7 Å². The van der Waals surface area contributed by atoms with Gasteiger partial charge in [0.1, 0.15) is 40.6 Å². The van der Waals surface area contributed by atoms with Crippen molar-refractivity contribution < 1.29 is 27.9 Å². The topological polar surface area (TPSA) is 135 Å². The number of thiophene rings is 1. The highest BCUT2D eigenvalue weighted by Gasteiger charge is 2.34. The molecule has 1 aromatic carbocycles. The molecule has 1 aliphatic heterocycles. The summed E-state index contributed by atoms with van der Waals surface area (Å²) in [6.07, 6.45) is 3.71. The van der Waals surface area contributed by atoms with Crippen molar-refractivity contribution in [2.24, 2.45) is 0 Å². The van der Waals surface area contributed by atoms with Crippen molar-refractivity contribution in [2.75, 3.05) is 13.7 Å².